The molecule has 27 heavy (non-hydrogen) atoms. The van der Waals surface area contributed by atoms with Gasteiger partial charge in [0.2, 0.25) is 0 Å². The van der Waals surface area contributed by atoms with Crippen molar-refractivity contribution < 1.29 is 43.2 Å². The number of alkyl halides is 3. The molecule has 0 aliphatic heterocycles. The maximum Gasteiger partial charge on any atom is 0.417 e. The fourth-order valence-corrected chi connectivity index (χ4v) is 1.94. The molecule has 0 fully saturated rings. The minimum atomic E-state index is -4.34. The topological polar surface area (TPSA) is 63.1 Å². The number of aromatic nitrogens is 2. The molecule has 1 aliphatic rings. The molecule has 2 aromatic heterocycles. The van der Waals surface area contributed by atoms with Gasteiger partial charge in [0.1, 0.15) is 5.69 Å². The number of hydrogen-bond acceptors (Lipinski definition) is 3. The van der Waals surface area contributed by atoms with Crippen LogP contribution in [0.25, 0.3) is 5.57 Å². The SMILES string of the molecule is FC(F)(F)c1ccc(C2=[C-]C=CC=CC2)nc1.O=C(O)c1ccccn1.[Ir]. The number of aromatic carboxylic acids is 1. The van der Waals surface area contributed by atoms with Crippen LogP contribution in [0.1, 0.15) is 28.2 Å². The number of carboxylic acid groups (broad SMARTS) is 1. The van der Waals surface area contributed by atoms with E-state index in [4.69, 9.17) is 5.11 Å². The summed E-state index contributed by atoms with van der Waals surface area (Å²) in [5, 5.41) is 8.32. The third-order valence-corrected chi connectivity index (χ3v) is 3.21. The summed E-state index contributed by atoms with van der Waals surface area (Å²) in [6, 6.07) is 7.17. The van der Waals surface area contributed by atoms with Crippen LogP contribution in [0.4, 0.5) is 13.2 Å². The van der Waals surface area contributed by atoms with E-state index in [0.29, 0.717) is 12.1 Å². The molecule has 1 radical (unpaired) electrons. The first-order chi connectivity index (χ1) is 12.4. The van der Waals surface area contributed by atoms with E-state index in [-0.39, 0.29) is 25.8 Å². The van der Waals surface area contributed by atoms with E-state index in [1.807, 2.05) is 18.2 Å². The van der Waals surface area contributed by atoms with Crippen LogP contribution in [0.2, 0.25) is 0 Å². The Morgan fingerprint density at radius 1 is 1.11 bits per heavy atom. The molecule has 4 nitrogen and oxygen atoms in total. The van der Waals surface area contributed by atoms with E-state index >= 15 is 0 Å². The van der Waals surface area contributed by atoms with Crippen molar-refractivity contribution in [1.29, 1.82) is 0 Å². The summed E-state index contributed by atoms with van der Waals surface area (Å²) in [6.45, 7) is 0. The molecule has 1 aliphatic carbocycles. The van der Waals surface area contributed by atoms with Crippen molar-refractivity contribution >= 4 is 11.5 Å². The number of pyridine rings is 2. The van der Waals surface area contributed by atoms with Crippen LogP contribution in [-0.2, 0) is 26.3 Å². The number of nitrogens with zero attached hydrogens (tertiary/aromatic N) is 2. The van der Waals surface area contributed by atoms with Crippen LogP contribution in [0, 0.1) is 6.08 Å². The summed E-state index contributed by atoms with van der Waals surface area (Å²) in [7, 11) is 0. The van der Waals surface area contributed by atoms with E-state index in [0.717, 1.165) is 17.8 Å². The van der Waals surface area contributed by atoms with Crippen LogP contribution >= 0.6 is 0 Å². The van der Waals surface area contributed by atoms with Gasteiger partial charge in [0.25, 0.3) is 0 Å². The van der Waals surface area contributed by atoms with Gasteiger partial charge in [0.05, 0.1) is 5.56 Å². The monoisotopic (exact) mass is 552 g/mol. The van der Waals surface area contributed by atoms with E-state index in [9.17, 15) is 18.0 Å². The zero-order chi connectivity index (χ0) is 19.0. The van der Waals surface area contributed by atoms with Crippen LogP contribution in [0.5, 0.6) is 0 Å². The van der Waals surface area contributed by atoms with Crippen LogP contribution < -0.4 is 0 Å². The van der Waals surface area contributed by atoms with Crippen molar-refractivity contribution in [2.45, 2.75) is 12.6 Å². The van der Waals surface area contributed by atoms with E-state index in [1.54, 1.807) is 18.2 Å². The third-order valence-electron chi connectivity index (χ3n) is 3.21. The van der Waals surface area contributed by atoms with Gasteiger partial charge in [0.15, 0.2) is 0 Å². The van der Waals surface area contributed by atoms with Gasteiger partial charge in [-0.1, -0.05) is 24.3 Å². The largest absolute Gasteiger partial charge is 0.477 e. The molecule has 143 valence electrons. The molecule has 8 heteroatoms. The predicted molar refractivity (Wildman–Crippen MR) is 90.0 cm³/mol. The zero-order valence-electron chi connectivity index (χ0n) is 13.8. The second-order valence-electron chi connectivity index (χ2n) is 5.06. The molecule has 3 rings (SSSR count). The van der Waals surface area contributed by atoms with Gasteiger partial charge in [-0.05, 0) is 24.2 Å². The first-order valence-electron chi connectivity index (χ1n) is 7.50. The minimum absolute atomic E-state index is 0. The average molecular weight is 552 g/mol. The average Bonchev–Trinajstić information content (AvgIpc) is 2.92. The Hall–Kier alpha value is -2.57. The third kappa shape index (κ3) is 7.29. The van der Waals surface area contributed by atoms with Gasteiger partial charge in [-0.2, -0.15) is 31.4 Å². The number of hydrogen-bond donors (Lipinski definition) is 1. The Morgan fingerprint density at radius 3 is 2.41 bits per heavy atom. The van der Waals surface area contributed by atoms with Gasteiger partial charge >= 0.3 is 12.1 Å². The molecule has 0 bridgehead atoms. The van der Waals surface area contributed by atoms with Crippen molar-refractivity contribution in [3.05, 3.63) is 90.1 Å². The van der Waals surface area contributed by atoms with Crippen molar-refractivity contribution in [2.75, 3.05) is 0 Å². The summed E-state index contributed by atoms with van der Waals surface area (Å²) in [5.74, 6) is -0.990. The summed E-state index contributed by atoms with van der Waals surface area (Å²) in [5.41, 5.74) is 0.650. The summed E-state index contributed by atoms with van der Waals surface area (Å²) < 4.78 is 37.0. The van der Waals surface area contributed by atoms with Crippen LogP contribution in [0.3, 0.4) is 0 Å². The molecule has 0 spiro atoms. The molecule has 0 saturated heterocycles. The van der Waals surface area contributed by atoms with E-state index in [2.05, 4.69) is 16.0 Å². The second-order valence-corrected chi connectivity index (χ2v) is 5.06. The number of carbonyl (C=O) groups is 1. The first kappa shape index (κ1) is 22.5. The number of halogens is 3. The van der Waals surface area contributed by atoms with Crippen molar-refractivity contribution in [1.82, 2.24) is 9.97 Å². The van der Waals surface area contributed by atoms with Crippen molar-refractivity contribution in [3.8, 4) is 0 Å². The molecule has 0 unspecified atom stereocenters. The normalized spacial score (nSPS) is 12.8. The van der Waals surface area contributed by atoms with E-state index in [1.165, 1.54) is 18.3 Å². The molecule has 0 saturated carbocycles. The van der Waals surface area contributed by atoms with E-state index < -0.39 is 17.7 Å². The fraction of sp³-hybridized carbons (Fsp3) is 0.105. The van der Waals surface area contributed by atoms with Gasteiger partial charge in [-0.3, -0.25) is 0 Å². The Kier molecular flexibility index (Phi) is 8.78. The summed E-state index contributed by atoms with van der Waals surface area (Å²) in [6.07, 6.45) is 8.87. The second kappa shape index (κ2) is 10.5. The van der Waals surface area contributed by atoms with Gasteiger partial charge in [0, 0.05) is 32.5 Å². The summed E-state index contributed by atoms with van der Waals surface area (Å²) >= 11 is 0. The predicted octanol–water partition coefficient (Wildman–Crippen LogP) is 4.58. The molecular formula is C19H14F3IrN2O2-. The standard InChI is InChI=1S/C13H9F3N.C6H5NO2.Ir/c14-13(15,16)11-7-8-12(17-9-11)10-5-3-1-2-4-6-10;8-6(9)5-3-1-2-4-7-5;/h1-4,7-9H,5H2;1-4H,(H,8,9);/q-1;;. The maximum atomic E-state index is 12.3. The molecule has 1 N–H and O–H groups in total. The first-order valence-corrected chi connectivity index (χ1v) is 7.50. The van der Waals surface area contributed by atoms with Crippen LogP contribution in [-0.4, -0.2) is 21.0 Å². The van der Waals surface area contributed by atoms with Crippen molar-refractivity contribution in [3.63, 3.8) is 0 Å². The Balaban J connectivity index is 0.000000310. The van der Waals surface area contributed by atoms with Gasteiger partial charge < -0.3 is 10.1 Å². The Morgan fingerprint density at radius 2 is 1.89 bits per heavy atom. The van der Waals surface area contributed by atoms with Crippen LogP contribution in [0.15, 0.2) is 67.0 Å². The van der Waals surface area contributed by atoms with Gasteiger partial charge in [-0.15, -0.1) is 11.6 Å². The quantitative estimate of drug-likeness (QED) is 0.556. The zero-order valence-corrected chi connectivity index (χ0v) is 16.2. The summed E-state index contributed by atoms with van der Waals surface area (Å²) in [4.78, 5) is 17.5. The molecular weight excluding hydrogens is 537 g/mol. The Bertz CT molecular complexity index is 830. The smallest absolute Gasteiger partial charge is 0.417 e. The Labute approximate surface area is 167 Å². The van der Waals surface area contributed by atoms with Gasteiger partial charge in [-0.25, -0.2) is 9.78 Å². The van der Waals surface area contributed by atoms with Crippen molar-refractivity contribution in [2.24, 2.45) is 0 Å². The number of allylic oxidation sites excluding steroid dienone is 6. The fourth-order valence-electron chi connectivity index (χ4n) is 1.94. The maximum absolute atomic E-state index is 12.3. The number of carboxylic acids is 1. The molecule has 2 aromatic rings. The molecule has 2 heterocycles. The molecule has 0 aromatic carbocycles. The molecule has 0 atom stereocenters. The molecule has 0 amide bonds. The minimum Gasteiger partial charge on any atom is -0.477 e. The number of rotatable bonds is 2.